The van der Waals surface area contributed by atoms with Crippen LogP contribution in [0.25, 0.3) is 22.0 Å². The van der Waals surface area contributed by atoms with E-state index in [0.29, 0.717) is 22.0 Å². The molecule has 0 aliphatic heterocycles. The highest BCUT2D eigenvalue weighted by Gasteiger charge is 2.19. The number of aromatic nitrogens is 1. The van der Waals surface area contributed by atoms with Gasteiger partial charge in [0.1, 0.15) is 5.02 Å². The predicted octanol–water partition coefficient (Wildman–Crippen LogP) is 3.96. The fraction of sp³-hybridized carbons (Fsp3) is 0.118. The van der Waals surface area contributed by atoms with Crippen LogP contribution in [0.2, 0.25) is 5.02 Å². The van der Waals surface area contributed by atoms with Crippen molar-refractivity contribution in [2.24, 2.45) is 0 Å². The fourth-order valence-corrected chi connectivity index (χ4v) is 3.11. The van der Waals surface area contributed by atoms with Gasteiger partial charge in [-0.3, -0.25) is 14.9 Å². The van der Waals surface area contributed by atoms with Crippen LogP contribution in [0.15, 0.2) is 35.1 Å². The first kappa shape index (κ1) is 16.0. The van der Waals surface area contributed by atoms with Gasteiger partial charge >= 0.3 is 0 Å². The SMILES string of the molecule is Cc1cc(C)cc(-c2c(N)c3cc([N+](=O)[O-])c(Cl)cc3[nH]c2=O)c1. The molecule has 3 N–H and O–H groups in total. The number of aryl methyl sites for hydroxylation is 2. The van der Waals surface area contributed by atoms with Gasteiger partial charge in [-0.1, -0.05) is 40.9 Å². The summed E-state index contributed by atoms with van der Waals surface area (Å²) in [4.78, 5) is 25.7. The topological polar surface area (TPSA) is 102 Å². The largest absolute Gasteiger partial charge is 0.398 e. The maximum atomic E-state index is 12.5. The van der Waals surface area contributed by atoms with Crippen molar-refractivity contribution in [3.63, 3.8) is 0 Å². The number of nitrogen functional groups attached to an aromatic ring is 1. The molecule has 122 valence electrons. The molecule has 0 radical (unpaired) electrons. The van der Waals surface area contributed by atoms with Gasteiger partial charge < -0.3 is 10.7 Å². The lowest BCUT2D eigenvalue weighted by Gasteiger charge is -2.11. The highest BCUT2D eigenvalue weighted by atomic mass is 35.5. The molecule has 0 spiro atoms. The number of nitrogens with zero attached hydrogens (tertiary/aromatic N) is 1. The molecule has 0 fully saturated rings. The maximum Gasteiger partial charge on any atom is 0.288 e. The summed E-state index contributed by atoms with van der Waals surface area (Å²) in [5.41, 5.74) is 9.07. The number of fused-ring (bicyclic) bond motifs is 1. The van der Waals surface area contributed by atoms with Gasteiger partial charge in [0.05, 0.1) is 21.7 Å². The maximum absolute atomic E-state index is 12.5. The third kappa shape index (κ3) is 2.61. The molecule has 0 saturated heterocycles. The Bertz CT molecular complexity index is 1040. The van der Waals surface area contributed by atoms with Gasteiger partial charge in [-0.05, 0) is 25.5 Å². The Morgan fingerprint density at radius 3 is 2.33 bits per heavy atom. The van der Waals surface area contributed by atoms with E-state index in [-0.39, 0.29) is 22.0 Å². The van der Waals surface area contributed by atoms with E-state index in [1.165, 1.54) is 12.1 Å². The van der Waals surface area contributed by atoms with Crippen LogP contribution < -0.4 is 11.3 Å². The third-order valence-corrected chi connectivity index (χ3v) is 4.13. The van der Waals surface area contributed by atoms with E-state index < -0.39 is 4.92 Å². The number of rotatable bonds is 2. The molecular formula is C17H14ClN3O3. The third-order valence-electron chi connectivity index (χ3n) is 3.83. The van der Waals surface area contributed by atoms with Crippen LogP contribution in [0.5, 0.6) is 0 Å². The Kier molecular flexibility index (Phi) is 3.77. The zero-order valence-corrected chi connectivity index (χ0v) is 13.8. The van der Waals surface area contributed by atoms with Crippen molar-refractivity contribution in [1.82, 2.24) is 4.98 Å². The summed E-state index contributed by atoms with van der Waals surface area (Å²) in [6, 6.07) is 8.32. The Balaban J connectivity index is 2.39. The average molecular weight is 344 g/mol. The number of nitro groups is 1. The van der Waals surface area contributed by atoms with Crippen molar-refractivity contribution in [2.75, 3.05) is 5.73 Å². The monoisotopic (exact) mass is 343 g/mol. The summed E-state index contributed by atoms with van der Waals surface area (Å²) >= 11 is 5.90. The van der Waals surface area contributed by atoms with Gasteiger partial charge in [0.2, 0.25) is 0 Å². The first-order valence-electron chi connectivity index (χ1n) is 7.16. The first-order chi connectivity index (χ1) is 11.3. The number of hydrogen-bond donors (Lipinski definition) is 2. The fourth-order valence-electron chi connectivity index (χ4n) is 2.88. The smallest absolute Gasteiger partial charge is 0.288 e. The lowest BCUT2D eigenvalue weighted by atomic mass is 9.98. The van der Waals surface area contributed by atoms with Crippen LogP contribution >= 0.6 is 11.6 Å². The van der Waals surface area contributed by atoms with Crippen LogP contribution in [0.4, 0.5) is 11.4 Å². The standard InChI is InChI=1S/C17H14ClN3O3/c1-8-3-9(2)5-10(4-8)15-16(19)11-6-14(21(23)24)12(18)7-13(11)20-17(15)22/h3-7H,1-2H3,(H3,19,20,22). The lowest BCUT2D eigenvalue weighted by Crippen LogP contribution is -2.13. The number of nitrogens with one attached hydrogen (secondary N) is 1. The van der Waals surface area contributed by atoms with Crippen LogP contribution in [0.3, 0.4) is 0 Å². The molecule has 0 unspecified atom stereocenters. The van der Waals surface area contributed by atoms with Crippen molar-refractivity contribution in [3.8, 4) is 11.1 Å². The summed E-state index contributed by atoms with van der Waals surface area (Å²) < 4.78 is 0. The molecule has 0 atom stereocenters. The second kappa shape index (κ2) is 5.65. The van der Waals surface area contributed by atoms with Crippen molar-refractivity contribution in [1.29, 1.82) is 0 Å². The van der Waals surface area contributed by atoms with Crippen LogP contribution in [-0.2, 0) is 0 Å². The number of aromatic amines is 1. The molecule has 0 amide bonds. The second-order valence-corrected chi connectivity index (χ2v) is 6.13. The van der Waals surface area contributed by atoms with Crippen LogP contribution in [0.1, 0.15) is 11.1 Å². The van der Waals surface area contributed by atoms with E-state index in [9.17, 15) is 14.9 Å². The molecule has 6 nitrogen and oxygen atoms in total. The summed E-state index contributed by atoms with van der Waals surface area (Å²) in [6.45, 7) is 3.85. The highest BCUT2D eigenvalue weighted by molar-refractivity contribution is 6.33. The predicted molar refractivity (Wildman–Crippen MR) is 95.6 cm³/mol. The normalized spacial score (nSPS) is 11.0. The molecule has 3 aromatic rings. The number of pyridine rings is 1. The van der Waals surface area contributed by atoms with Crippen molar-refractivity contribution in [2.45, 2.75) is 13.8 Å². The molecule has 0 bridgehead atoms. The number of halogens is 1. The molecule has 1 heterocycles. The van der Waals surface area contributed by atoms with E-state index in [0.717, 1.165) is 11.1 Å². The van der Waals surface area contributed by atoms with E-state index in [4.69, 9.17) is 17.3 Å². The number of anilines is 1. The molecule has 3 rings (SSSR count). The minimum absolute atomic E-state index is 0.0540. The summed E-state index contributed by atoms with van der Waals surface area (Å²) in [7, 11) is 0. The number of benzene rings is 2. The van der Waals surface area contributed by atoms with Gasteiger partial charge in [0.25, 0.3) is 11.2 Å². The zero-order valence-electron chi connectivity index (χ0n) is 13.0. The Morgan fingerprint density at radius 2 is 1.75 bits per heavy atom. The highest BCUT2D eigenvalue weighted by Crippen LogP contribution is 2.35. The molecule has 1 aromatic heterocycles. The van der Waals surface area contributed by atoms with Gasteiger partial charge in [-0.25, -0.2) is 0 Å². The summed E-state index contributed by atoms with van der Waals surface area (Å²) in [5, 5.41) is 11.4. The summed E-state index contributed by atoms with van der Waals surface area (Å²) in [5.74, 6) is 0. The molecule has 7 heteroatoms. The molecule has 0 saturated carbocycles. The van der Waals surface area contributed by atoms with Gasteiger partial charge in [0.15, 0.2) is 0 Å². The molecule has 0 aliphatic rings. The Morgan fingerprint density at radius 1 is 1.12 bits per heavy atom. The molecule has 0 aliphatic carbocycles. The van der Waals surface area contributed by atoms with Crippen LogP contribution in [-0.4, -0.2) is 9.91 Å². The lowest BCUT2D eigenvalue weighted by molar-refractivity contribution is -0.384. The van der Waals surface area contributed by atoms with E-state index in [2.05, 4.69) is 4.98 Å². The van der Waals surface area contributed by atoms with E-state index in [1.807, 2.05) is 32.0 Å². The quantitative estimate of drug-likeness (QED) is 0.543. The Hall–Kier alpha value is -2.86. The van der Waals surface area contributed by atoms with E-state index in [1.54, 1.807) is 0 Å². The van der Waals surface area contributed by atoms with E-state index >= 15 is 0 Å². The van der Waals surface area contributed by atoms with Crippen molar-refractivity contribution in [3.05, 3.63) is 66.9 Å². The molecule has 2 aromatic carbocycles. The minimum Gasteiger partial charge on any atom is -0.398 e. The van der Waals surface area contributed by atoms with Gasteiger partial charge in [0, 0.05) is 11.5 Å². The van der Waals surface area contributed by atoms with Crippen molar-refractivity contribution >= 4 is 33.9 Å². The number of H-pyrrole nitrogens is 1. The average Bonchev–Trinajstić information content (AvgIpc) is 2.45. The van der Waals surface area contributed by atoms with Crippen molar-refractivity contribution < 1.29 is 4.92 Å². The first-order valence-corrected chi connectivity index (χ1v) is 7.54. The second-order valence-electron chi connectivity index (χ2n) is 5.73. The van der Waals surface area contributed by atoms with Gasteiger partial charge in [-0.2, -0.15) is 0 Å². The van der Waals surface area contributed by atoms with Gasteiger partial charge in [-0.15, -0.1) is 0 Å². The Labute approximate surface area is 142 Å². The molecule has 24 heavy (non-hydrogen) atoms. The number of nitrogens with two attached hydrogens (primary N) is 1. The minimum atomic E-state index is -0.581. The number of nitro benzene ring substituents is 1. The zero-order chi connectivity index (χ0) is 17.6. The summed E-state index contributed by atoms with van der Waals surface area (Å²) in [6.07, 6.45) is 0. The molecular weight excluding hydrogens is 330 g/mol. The van der Waals surface area contributed by atoms with Crippen LogP contribution in [0, 0.1) is 24.0 Å². The number of hydrogen-bond acceptors (Lipinski definition) is 4.